The molecule has 0 radical (unpaired) electrons. The van der Waals surface area contributed by atoms with Crippen LogP contribution in [-0.2, 0) is 11.3 Å². The number of hydrogen-bond donors (Lipinski definition) is 1. The molecule has 0 fully saturated rings. The Kier molecular flexibility index (Phi) is 5.45. The molecule has 0 aliphatic heterocycles. The summed E-state index contributed by atoms with van der Waals surface area (Å²) in [6.07, 6.45) is 2.16. The quantitative estimate of drug-likeness (QED) is 0.733. The van der Waals surface area contributed by atoms with Crippen molar-refractivity contribution >= 4 is 17.4 Å². The van der Waals surface area contributed by atoms with E-state index in [9.17, 15) is 4.79 Å². The lowest BCUT2D eigenvalue weighted by molar-refractivity contribution is 0.0957. The Morgan fingerprint density at radius 1 is 1.69 bits per heavy atom. The van der Waals surface area contributed by atoms with Crippen LogP contribution in [-0.4, -0.2) is 41.0 Å². The van der Waals surface area contributed by atoms with Crippen LogP contribution in [0.5, 0.6) is 0 Å². The summed E-state index contributed by atoms with van der Waals surface area (Å²) in [5.41, 5.74) is 0.396. The number of Topliss-reactive ketones (excluding diaryl/α,β-unsaturated/α-hetero) is 1. The average molecular weight is 247 g/mol. The van der Waals surface area contributed by atoms with E-state index >= 15 is 0 Å². The molecule has 5 nitrogen and oxygen atoms in total. The molecule has 0 unspecified atom stereocenters. The van der Waals surface area contributed by atoms with E-state index in [0.29, 0.717) is 30.3 Å². The van der Waals surface area contributed by atoms with Gasteiger partial charge in [0.15, 0.2) is 5.78 Å². The number of methoxy groups -OCH3 is 1. The van der Waals surface area contributed by atoms with Gasteiger partial charge in [0.2, 0.25) is 0 Å². The van der Waals surface area contributed by atoms with Crippen LogP contribution in [0, 0.1) is 0 Å². The molecule has 0 saturated carbocycles. The zero-order valence-corrected chi connectivity index (χ0v) is 9.90. The van der Waals surface area contributed by atoms with Gasteiger partial charge in [-0.05, 0) is 6.42 Å². The zero-order chi connectivity index (χ0) is 12.0. The number of aliphatic hydroxyl groups excluding tert-OH is 1. The summed E-state index contributed by atoms with van der Waals surface area (Å²) in [5, 5.41) is 13.0. The second-order valence-electron chi connectivity index (χ2n) is 3.31. The maximum absolute atomic E-state index is 11.8. The van der Waals surface area contributed by atoms with Crippen molar-refractivity contribution in [3.63, 3.8) is 0 Å². The summed E-state index contributed by atoms with van der Waals surface area (Å²) >= 11 is 5.89. The van der Waals surface area contributed by atoms with Crippen LogP contribution in [0.1, 0.15) is 23.3 Å². The third-order valence-corrected chi connectivity index (χ3v) is 2.40. The van der Waals surface area contributed by atoms with Crippen LogP contribution < -0.4 is 0 Å². The van der Waals surface area contributed by atoms with Crippen molar-refractivity contribution in [1.29, 1.82) is 0 Å². The molecular weight excluding hydrogens is 232 g/mol. The molecule has 16 heavy (non-hydrogen) atoms. The lowest BCUT2D eigenvalue weighted by Gasteiger charge is -2.06. The molecule has 0 bridgehead atoms. The van der Waals surface area contributed by atoms with Gasteiger partial charge in [-0.3, -0.25) is 9.48 Å². The Bertz CT molecular complexity index is 352. The minimum absolute atomic E-state index is 0.00440. The summed E-state index contributed by atoms with van der Waals surface area (Å²) in [4.78, 5) is 11.8. The average Bonchev–Trinajstić information content (AvgIpc) is 2.64. The summed E-state index contributed by atoms with van der Waals surface area (Å²) in [5.74, 6) is -0.104. The smallest absolute Gasteiger partial charge is 0.182 e. The number of ether oxygens (including phenoxy) is 1. The van der Waals surface area contributed by atoms with E-state index in [2.05, 4.69) is 5.10 Å². The van der Waals surface area contributed by atoms with Crippen LogP contribution >= 0.6 is 11.6 Å². The molecule has 6 heteroatoms. The van der Waals surface area contributed by atoms with E-state index in [4.69, 9.17) is 21.4 Å². The van der Waals surface area contributed by atoms with E-state index in [1.165, 1.54) is 10.9 Å². The Hall–Kier alpha value is -0.910. The first-order valence-corrected chi connectivity index (χ1v) is 5.42. The Balaban J connectivity index is 2.75. The van der Waals surface area contributed by atoms with Gasteiger partial charge in [0.1, 0.15) is 5.69 Å². The molecule has 0 atom stereocenters. The van der Waals surface area contributed by atoms with Gasteiger partial charge in [0, 0.05) is 20.1 Å². The molecule has 0 aliphatic carbocycles. The fourth-order valence-electron chi connectivity index (χ4n) is 1.34. The summed E-state index contributed by atoms with van der Waals surface area (Å²) < 4.78 is 6.45. The number of hydrogen-bond acceptors (Lipinski definition) is 4. The molecule has 0 aromatic carbocycles. The fourth-order valence-corrected chi connectivity index (χ4v) is 1.59. The molecule has 1 aromatic heterocycles. The van der Waals surface area contributed by atoms with Crippen molar-refractivity contribution < 1.29 is 14.6 Å². The van der Waals surface area contributed by atoms with Gasteiger partial charge >= 0.3 is 0 Å². The fraction of sp³-hybridized carbons (Fsp3) is 0.600. The molecule has 1 N–H and O–H groups in total. The van der Waals surface area contributed by atoms with Crippen molar-refractivity contribution in [3.05, 3.63) is 16.9 Å². The van der Waals surface area contributed by atoms with E-state index in [1.54, 1.807) is 7.11 Å². The van der Waals surface area contributed by atoms with Crippen LogP contribution in [0.3, 0.4) is 0 Å². The number of halogens is 1. The van der Waals surface area contributed by atoms with Crippen molar-refractivity contribution in [3.8, 4) is 0 Å². The normalized spacial score (nSPS) is 10.7. The maximum Gasteiger partial charge on any atom is 0.182 e. The van der Waals surface area contributed by atoms with E-state index in [1.807, 2.05) is 0 Å². The molecule has 0 saturated heterocycles. The number of carbonyl (C=O) groups is 1. The van der Waals surface area contributed by atoms with Crippen LogP contribution in [0.15, 0.2) is 6.20 Å². The van der Waals surface area contributed by atoms with E-state index in [-0.39, 0.29) is 18.8 Å². The Morgan fingerprint density at radius 3 is 3.06 bits per heavy atom. The SMILES string of the molecule is COCCn1ncc(Cl)c1C(=O)CCCO. The molecule has 0 amide bonds. The number of ketones is 1. The molecule has 0 spiro atoms. The van der Waals surface area contributed by atoms with Crippen molar-refractivity contribution in [2.24, 2.45) is 0 Å². The number of carbonyl (C=O) groups excluding carboxylic acids is 1. The largest absolute Gasteiger partial charge is 0.396 e. The van der Waals surface area contributed by atoms with Crippen LogP contribution in [0.25, 0.3) is 0 Å². The highest BCUT2D eigenvalue weighted by atomic mass is 35.5. The number of nitrogens with zero attached hydrogens (tertiary/aromatic N) is 2. The second-order valence-corrected chi connectivity index (χ2v) is 3.71. The lowest BCUT2D eigenvalue weighted by atomic mass is 10.2. The summed E-state index contributed by atoms with van der Waals surface area (Å²) in [6, 6.07) is 0. The first-order chi connectivity index (χ1) is 7.70. The monoisotopic (exact) mass is 246 g/mol. The highest BCUT2D eigenvalue weighted by Gasteiger charge is 2.16. The number of rotatable bonds is 7. The topological polar surface area (TPSA) is 64.4 Å². The standard InChI is InChI=1S/C10H15ClN2O3/c1-16-6-4-13-10(8(11)7-12-13)9(15)3-2-5-14/h7,14H,2-6H2,1H3. The highest BCUT2D eigenvalue weighted by Crippen LogP contribution is 2.17. The second kappa shape index (κ2) is 6.62. The molecule has 1 heterocycles. The number of aromatic nitrogens is 2. The third-order valence-electron chi connectivity index (χ3n) is 2.13. The van der Waals surface area contributed by atoms with Gasteiger partial charge in [-0.15, -0.1) is 0 Å². The van der Waals surface area contributed by atoms with Gasteiger partial charge in [-0.25, -0.2) is 0 Å². The van der Waals surface area contributed by atoms with Crippen LogP contribution in [0.4, 0.5) is 0 Å². The van der Waals surface area contributed by atoms with Crippen LogP contribution in [0.2, 0.25) is 5.02 Å². The third kappa shape index (κ3) is 3.30. The predicted molar refractivity (Wildman–Crippen MR) is 59.8 cm³/mol. The summed E-state index contributed by atoms with van der Waals surface area (Å²) in [6.45, 7) is 0.956. The molecule has 1 aromatic rings. The minimum atomic E-state index is -0.104. The zero-order valence-electron chi connectivity index (χ0n) is 9.15. The first-order valence-electron chi connectivity index (χ1n) is 5.05. The first kappa shape index (κ1) is 13.2. The maximum atomic E-state index is 11.8. The highest BCUT2D eigenvalue weighted by molar-refractivity contribution is 6.33. The molecule has 1 rings (SSSR count). The van der Waals surface area contributed by atoms with Crippen molar-refractivity contribution in [2.45, 2.75) is 19.4 Å². The van der Waals surface area contributed by atoms with Gasteiger partial charge in [-0.1, -0.05) is 11.6 Å². The lowest BCUT2D eigenvalue weighted by Crippen LogP contribution is -2.14. The van der Waals surface area contributed by atoms with E-state index in [0.717, 1.165) is 0 Å². The minimum Gasteiger partial charge on any atom is -0.396 e. The van der Waals surface area contributed by atoms with E-state index < -0.39 is 0 Å². The number of aliphatic hydroxyl groups is 1. The summed E-state index contributed by atoms with van der Waals surface area (Å²) in [7, 11) is 1.58. The molecule has 90 valence electrons. The van der Waals surface area contributed by atoms with Crippen molar-refractivity contribution in [2.75, 3.05) is 20.3 Å². The predicted octanol–water partition coefficient (Wildman–Crippen LogP) is 1.14. The van der Waals surface area contributed by atoms with Gasteiger partial charge < -0.3 is 9.84 Å². The van der Waals surface area contributed by atoms with Crippen molar-refractivity contribution in [1.82, 2.24) is 9.78 Å². The van der Waals surface area contributed by atoms with Gasteiger partial charge in [-0.2, -0.15) is 5.10 Å². The molecular formula is C10H15ClN2O3. The Morgan fingerprint density at radius 2 is 2.44 bits per heavy atom. The van der Waals surface area contributed by atoms with Gasteiger partial charge in [0.05, 0.1) is 24.4 Å². The molecule has 0 aliphatic rings. The van der Waals surface area contributed by atoms with Gasteiger partial charge in [0.25, 0.3) is 0 Å². The Labute approximate surface area is 99.0 Å².